The Bertz CT molecular complexity index is 571. The summed E-state index contributed by atoms with van der Waals surface area (Å²) >= 11 is 0. The summed E-state index contributed by atoms with van der Waals surface area (Å²) < 4.78 is 18.4. The molecule has 1 atom stereocenters. The van der Waals surface area contributed by atoms with Gasteiger partial charge in [0.1, 0.15) is 5.82 Å². The molecule has 0 aliphatic carbocycles. The third-order valence-corrected chi connectivity index (χ3v) is 3.96. The van der Waals surface area contributed by atoms with Crippen molar-refractivity contribution >= 4 is 11.9 Å². The average molecular weight is 325 g/mol. The molecular weight excluding hydrogens is 305 g/mol. The van der Waals surface area contributed by atoms with Crippen LogP contribution in [0.2, 0.25) is 0 Å². The van der Waals surface area contributed by atoms with Crippen molar-refractivity contribution in [1.82, 2.24) is 5.32 Å². The summed E-state index contributed by atoms with van der Waals surface area (Å²) in [5, 5.41) is 21.8. The second-order valence-corrected chi connectivity index (χ2v) is 5.79. The van der Waals surface area contributed by atoms with Gasteiger partial charge in [0, 0.05) is 13.2 Å². The number of nitrogens with one attached hydrogen (secondary N) is 1. The number of aliphatic hydroxyl groups excluding tert-OH is 1. The second-order valence-electron chi connectivity index (χ2n) is 5.79. The highest BCUT2D eigenvalue weighted by Gasteiger charge is 2.36. The van der Waals surface area contributed by atoms with E-state index < -0.39 is 29.3 Å². The largest absolute Gasteiger partial charge is 0.481 e. The number of carbonyl (C=O) groups excluding carboxylic acids is 1. The van der Waals surface area contributed by atoms with Crippen LogP contribution in [0.15, 0.2) is 24.3 Å². The number of carbonyl (C=O) groups is 2. The third-order valence-electron chi connectivity index (χ3n) is 3.96. The van der Waals surface area contributed by atoms with Crippen molar-refractivity contribution in [1.29, 1.82) is 0 Å². The number of ether oxygens (including phenoxy) is 1. The first-order chi connectivity index (χ1) is 10.9. The molecule has 1 aromatic rings. The van der Waals surface area contributed by atoms with E-state index in [1.807, 2.05) is 0 Å². The predicted molar refractivity (Wildman–Crippen MR) is 79.2 cm³/mol. The number of hydrogen-bond donors (Lipinski definition) is 3. The fourth-order valence-electron chi connectivity index (χ4n) is 2.75. The van der Waals surface area contributed by atoms with Crippen molar-refractivity contribution < 1.29 is 28.9 Å². The first-order valence-electron chi connectivity index (χ1n) is 7.44. The smallest absolute Gasteiger partial charge is 0.305 e. The van der Waals surface area contributed by atoms with Gasteiger partial charge in [-0.15, -0.1) is 0 Å². The average Bonchev–Trinajstić information content (AvgIpc) is 2.46. The maximum absolute atomic E-state index is 13.2. The molecule has 0 aromatic heterocycles. The summed E-state index contributed by atoms with van der Waals surface area (Å²) in [5.74, 6) is -1.96. The molecule has 0 saturated carbocycles. The van der Waals surface area contributed by atoms with Crippen LogP contribution >= 0.6 is 0 Å². The SMILES string of the molecule is O=C(O)CC1(NC(=O)CC(O)c2cccc(F)c2)CCOCC1. The lowest BCUT2D eigenvalue weighted by atomic mass is 9.86. The van der Waals surface area contributed by atoms with Gasteiger partial charge in [-0.25, -0.2) is 4.39 Å². The number of hydrogen-bond acceptors (Lipinski definition) is 4. The van der Waals surface area contributed by atoms with Gasteiger partial charge in [0.2, 0.25) is 5.91 Å². The van der Waals surface area contributed by atoms with Crippen molar-refractivity contribution in [3.8, 4) is 0 Å². The first kappa shape index (κ1) is 17.4. The van der Waals surface area contributed by atoms with Crippen molar-refractivity contribution in [2.45, 2.75) is 37.3 Å². The molecule has 6 nitrogen and oxygen atoms in total. The van der Waals surface area contributed by atoms with Gasteiger partial charge in [-0.1, -0.05) is 12.1 Å². The molecule has 0 radical (unpaired) electrons. The maximum atomic E-state index is 13.2. The Kier molecular flexibility index (Phi) is 5.68. The topological polar surface area (TPSA) is 95.9 Å². The van der Waals surface area contributed by atoms with E-state index in [9.17, 15) is 19.1 Å². The van der Waals surface area contributed by atoms with Crippen LogP contribution in [0.4, 0.5) is 4.39 Å². The van der Waals surface area contributed by atoms with Crippen molar-refractivity contribution in [3.05, 3.63) is 35.6 Å². The molecule has 1 aromatic carbocycles. The molecule has 23 heavy (non-hydrogen) atoms. The molecule has 1 unspecified atom stereocenters. The van der Waals surface area contributed by atoms with E-state index in [0.717, 1.165) is 0 Å². The van der Waals surface area contributed by atoms with Gasteiger partial charge in [0.15, 0.2) is 0 Å². The molecule has 3 N–H and O–H groups in total. The van der Waals surface area contributed by atoms with Gasteiger partial charge in [0.05, 0.1) is 24.5 Å². The second kappa shape index (κ2) is 7.52. The molecule has 1 saturated heterocycles. The highest BCUT2D eigenvalue weighted by molar-refractivity contribution is 5.79. The lowest BCUT2D eigenvalue weighted by molar-refractivity contribution is -0.140. The predicted octanol–water partition coefficient (Wildman–Crippen LogP) is 1.39. The highest BCUT2D eigenvalue weighted by Crippen LogP contribution is 2.26. The van der Waals surface area contributed by atoms with Crippen LogP contribution in [0.1, 0.15) is 37.4 Å². The minimum Gasteiger partial charge on any atom is -0.481 e. The highest BCUT2D eigenvalue weighted by atomic mass is 19.1. The quantitative estimate of drug-likeness (QED) is 0.734. The lowest BCUT2D eigenvalue weighted by Crippen LogP contribution is -2.53. The van der Waals surface area contributed by atoms with Crippen molar-refractivity contribution in [2.24, 2.45) is 0 Å². The van der Waals surface area contributed by atoms with E-state index in [2.05, 4.69) is 5.32 Å². The maximum Gasteiger partial charge on any atom is 0.305 e. The summed E-state index contributed by atoms with van der Waals surface area (Å²) in [6.07, 6.45) is -0.793. The summed E-state index contributed by atoms with van der Waals surface area (Å²) in [4.78, 5) is 23.2. The van der Waals surface area contributed by atoms with Gasteiger partial charge >= 0.3 is 5.97 Å². The van der Waals surface area contributed by atoms with Crippen LogP contribution in [-0.4, -0.2) is 40.8 Å². The number of aliphatic carboxylic acids is 1. The van der Waals surface area contributed by atoms with Gasteiger partial charge in [-0.3, -0.25) is 9.59 Å². The molecule has 1 heterocycles. The van der Waals surface area contributed by atoms with E-state index in [0.29, 0.717) is 31.6 Å². The molecular formula is C16H20FNO5. The number of rotatable bonds is 6. The standard InChI is InChI=1S/C16H20FNO5/c17-12-3-1-2-11(8-12)13(19)9-14(20)18-16(10-15(21)22)4-6-23-7-5-16/h1-3,8,13,19H,4-7,9-10H2,(H,18,20)(H,21,22). The fourth-order valence-corrected chi connectivity index (χ4v) is 2.75. The van der Waals surface area contributed by atoms with Crippen LogP contribution in [-0.2, 0) is 14.3 Å². The summed E-state index contributed by atoms with van der Waals surface area (Å²) in [6, 6.07) is 5.40. The molecule has 1 fully saturated rings. The zero-order valence-corrected chi connectivity index (χ0v) is 12.6. The Labute approximate surface area is 133 Å². The third kappa shape index (κ3) is 5.01. The lowest BCUT2D eigenvalue weighted by Gasteiger charge is -2.37. The van der Waals surface area contributed by atoms with Crippen LogP contribution in [0.25, 0.3) is 0 Å². The summed E-state index contributed by atoms with van der Waals surface area (Å²) in [5.41, 5.74) is -0.553. The van der Waals surface area contributed by atoms with Gasteiger partial charge in [-0.05, 0) is 30.5 Å². The van der Waals surface area contributed by atoms with Crippen LogP contribution in [0.5, 0.6) is 0 Å². The number of aliphatic hydroxyl groups is 1. The number of halogens is 1. The van der Waals surface area contributed by atoms with Crippen molar-refractivity contribution in [3.63, 3.8) is 0 Å². The minimum absolute atomic E-state index is 0.196. The van der Waals surface area contributed by atoms with E-state index >= 15 is 0 Å². The molecule has 1 amide bonds. The minimum atomic E-state index is -1.15. The number of benzene rings is 1. The molecule has 0 spiro atoms. The Hall–Kier alpha value is -1.99. The summed E-state index contributed by atoms with van der Waals surface area (Å²) in [6.45, 7) is 0.750. The number of amides is 1. The van der Waals surface area contributed by atoms with Crippen LogP contribution < -0.4 is 5.32 Å². The molecule has 7 heteroatoms. The van der Waals surface area contributed by atoms with E-state index in [-0.39, 0.29) is 12.8 Å². The fraction of sp³-hybridized carbons (Fsp3) is 0.500. The molecule has 1 aliphatic heterocycles. The zero-order chi connectivity index (χ0) is 16.9. The summed E-state index contributed by atoms with van der Waals surface area (Å²) in [7, 11) is 0. The van der Waals surface area contributed by atoms with E-state index in [4.69, 9.17) is 9.84 Å². The van der Waals surface area contributed by atoms with Crippen LogP contribution in [0, 0.1) is 5.82 Å². The monoisotopic (exact) mass is 325 g/mol. The van der Waals surface area contributed by atoms with Gasteiger partial charge < -0.3 is 20.3 Å². The first-order valence-corrected chi connectivity index (χ1v) is 7.44. The molecule has 2 rings (SSSR count). The normalized spacial score (nSPS) is 18.2. The number of carboxylic acids is 1. The molecule has 1 aliphatic rings. The van der Waals surface area contributed by atoms with Crippen LogP contribution in [0.3, 0.4) is 0 Å². The van der Waals surface area contributed by atoms with E-state index in [1.165, 1.54) is 24.3 Å². The van der Waals surface area contributed by atoms with E-state index in [1.54, 1.807) is 0 Å². The Morgan fingerprint density at radius 3 is 2.65 bits per heavy atom. The molecule has 126 valence electrons. The Balaban J connectivity index is 2.00. The zero-order valence-electron chi connectivity index (χ0n) is 12.6. The Morgan fingerprint density at radius 1 is 1.35 bits per heavy atom. The van der Waals surface area contributed by atoms with Gasteiger partial charge in [0.25, 0.3) is 0 Å². The molecule has 0 bridgehead atoms. The number of carboxylic acid groups (broad SMARTS) is 1. The van der Waals surface area contributed by atoms with Crippen molar-refractivity contribution in [2.75, 3.05) is 13.2 Å². The Morgan fingerprint density at radius 2 is 2.04 bits per heavy atom. The van der Waals surface area contributed by atoms with Gasteiger partial charge in [-0.2, -0.15) is 0 Å².